The Morgan fingerprint density at radius 1 is 1.13 bits per heavy atom. The third-order valence-electron chi connectivity index (χ3n) is 5.86. The van der Waals surface area contributed by atoms with E-state index in [0.29, 0.717) is 45.3 Å². The van der Waals surface area contributed by atoms with Gasteiger partial charge in [0.25, 0.3) is 0 Å². The zero-order chi connectivity index (χ0) is 22.2. The normalized spacial score (nSPS) is 18.5. The minimum atomic E-state index is -1.03. The van der Waals surface area contributed by atoms with Crippen LogP contribution in [0.2, 0.25) is 0 Å². The molecule has 3 atom stereocenters. The summed E-state index contributed by atoms with van der Waals surface area (Å²) in [6.45, 7) is 1.01. The maximum Gasteiger partial charge on any atom is 0.326 e. The third-order valence-corrected chi connectivity index (χ3v) is 5.86. The van der Waals surface area contributed by atoms with E-state index in [2.05, 4.69) is 0 Å². The second kappa shape index (κ2) is 11.2. The molecule has 1 aliphatic heterocycles. The molecule has 2 aromatic carbocycles. The molecule has 1 saturated heterocycles. The van der Waals surface area contributed by atoms with Gasteiger partial charge in [-0.05, 0) is 67.8 Å². The predicted molar refractivity (Wildman–Crippen MR) is 120 cm³/mol. The van der Waals surface area contributed by atoms with Crippen LogP contribution < -0.4 is 11.5 Å². The van der Waals surface area contributed by atoms with E-state index >= 15 is 0 Å². The number of fused-ring (bicyclic) bond motifs is 1. The summed E-state index contributed by atoms with van der Waals surface area (Å²) in [7, 11) is 0. The second-order valence-electron chi connectivity index (χ2n) is 8.20. The van der Waals surface area contributed by atoms with Gasteiger partial charge in [0.2, 0.25) is 5.91 Å². The lowest BCUT2D eigenvalue weighted by Crippen LogP contribution is -2.57. The highest BCUT2D eigenvalue weighted by Gasteiger charge is 2.38. The van der Waals surface area contributed by atoms with Crippen molar-refractivity contribution < 1.29 is 19.4 Å². The first-order valence-corrected chi connectivity index (χ1v) is 11.1. The number of ether oxygens (including phenoxy) is 1. The molecule has 1 unspecified atom stereocenters. The number of hydrogen-bond acceptors (Lipinski definition) is 5. The maximum absolute atomic E-state index is 13.4. The number of unbranched alkanes of at least 4 members (excludes halogenated alkanes) is 1. The van der Waals surface area contributed by atoms with Crippen LogP contribution in [0.3, 0.4) is 0 Å². The summed E-state index contributed by atoms with van der Waals surface area (Å²) in [6, 6.07) is 12.2. The van der Waals surface area contributed by atoms with Gasteiger partial charge in [-0.15, -0.1) is 0 Å². The molecule has 1 aliphatic rings. The van der Waals surface area contributed by atoms with Crippen LogP contribution in [0.15, 0.2) is 42.5 Å². The van der Waals surface area contributed by atoms with Gasteiger partial charge in [0.1, 0.15) is 12.3 Å². The highest BCUT2D eigenvalue weighted by Crippen LogP contribution is 2.24. The molecule has 168 valence electrons. The van der Waals surface area contributed by atoms with E-state index in [1.165, 1.54) is 4.90 Å². The van der Waals surface area contributed by atoms with E-state index in [1.54, 1.807) is 0 Å². The molecular weight excluding hydrogens is 394 g/mol. The van der Waals surface area contributed by atoms with Gasteiger partial charge < -0.3 is 26.2 Å². The van der Waals surface area contributed by atoms with E-state index in [1.807, 2.05) is 42.5 Å². The number of carboxylic acids is 1. The summed E-state index contributed by atoms with van der Waals surface area (Å²) in [5.41, 5.74) is 12.8. The minimum Gasteiger partial charge on any atom is -0.480 e. The maximum atomic E-state index is 13.4. The Kier molecular flexibility index (Phi) is 8.40. The van der Waals surface area contributed by atoms with Crippen molar-refractivity contribution in [3.8, 4) is 0 Å². The van der Waals surface area contributed by atoms with E-state index in [4.69, 9.17) is 16.2 Å². The monoisotopic (exact) mass is 427 g/mol. The topological polar surface area (TPSA) is 119 Å². The lowest BCUT2D eigenvalue weighted by atomic mass is 9.99. The lowest BCUT2D eigenvalue weighted by Gasteiger charge is -2.39. The van der Waals surface area contributed by atoms with Crippen LogP contribution in [-0.2, 0) is 20.7 Å². The zero-order valence-electron chi connectivity index (χ0n) is 17.9. The van der Waals surface area contributed by atoms with Crippen molar-refractivity contribution in [3.05, 3.63) is 48.0 Å². The van der Waals surface area contributed by atoms with Crippen LogP contribution in [0.25, 0.3) is 10.8 Å². The van der Waals surface area contributed by atoms with Crippen LogP contribution in [0.1, 0.15) is 44.1 Å². The van der Waals surface area contributed by atoms with Crippen molar-refractivity contribution >= 4 is 22.6 Å². The smallest absolute Gasteiger partial charge is 0.326 e. The van der Waals surface area contributed by atoms with Crippen molar-refractivity contribution in [1.29, 1.82) is 0 Å². The Hall–Kier alpha value is -2.48. The highest BCUT2D eigenvalue weighted by atomic mass is 16.5. The molecule has 0 saturated carbocycles. The number of nitrogens with two attached hydrogens (primary N) is 2. The van der Waals surface area contributed by atoms with E-state index in [-0.39, 0.29) is 5.91 Å². The van der Waals surface area contributed by atoms with E-state index in [0.717, 1.165) is 29.2 Å². The lowest BCUT2D eigenvalue weighted by molar-refractivity contribution is -0.170. The number of rotatable bonds is 10. The molecule has 1 fully saturated rings. The molecule has 7 heteroatoms. The molecule has 1 amide bonds. The van der Waals surface area contributed by atoms with Gasteiger partial charge in [0.15, 0.2) is 0 Å². The SMILES string of the molecule is NCCCC[C@@H](C(=O)O)N(C(=O)[C@@H](N)Cc1ccc2ccccc2c1)C1CCCCO1. The van der Waals surface area contributed by atoms with E-state index in [9.17, 15) is 14.7 Å². The zero-order valence-corrected chi connectivity index (χ0v) is 17.9. The van der Waals surface area contributed by atoms with Crippen molar-refractivity contribution in [2.24, 2.45) is 11.5 Å². The molecule has 5 N–H and O–H groups in total. The van der Waals surface area contributed by atoms with Gasteiger partial charge in [-0.1, -0.05) is 42.5 Å². The fourth-order valence-corrected chi connectivity index (χ4v) is 4.20. The molecule has 31 heavy (non-hydrogen) atoms. The summed E-state index contributed by atoms with van der Waals surface area (Å²) in [6.07, 6.45) is 3.88. The summed E-state index contributed by atoms with van der Waals surface area (Å²) >= 11 is 0. The first-order chi connectivity index (χ1) is 15.0. The van der Waals surface area contributed by atoms with Gasteiger partial charge in [0, 0.05) is 6.61 Å². The highest BCUT2D eigenvalue weighted by molar-refractivity contribution is 5.88. The fraction of sp³-hybridized carbons (Fsp3) is 0.500. The standard InChI is InChI=1S/C24H33N3O4/c25-13-5-3-9-21(24(29)30)27(22-10-4-6-14-31-22)23(28)20(26)16-17-11-12-18-7-1-2-8-19(18)15-17/h1-2,7-8,11-12,15,20-22H,3-6,9-10,13-14,16,25-26H2,(H,29,30)/t20-,21-,22?/m0/s1. The Morgan fingerprint density at radius 3 is 2.58 bits per heavy atom. The number of amides is 1. The molecule has 0 aromatic heterocycles. The number of carbonyl (C=O) groups excluding carboxylic acids is 1. The first kappa shape index (κ1) is 23.2. The number of carboxylic acid groups (broad SMARTS) is 1. The summed E-state index contributed by atoms with van der Waals surface area (Å²) in [5, 5.41) is 12.1. The molecule has 2 aromatic rings. The number of aliphatic carboxylic acids is 1. The second-order valence-corrected chi connectivity index (χ2v) is 8.20. The first-order valence-electron chi connectivity index (χ1n) is 11.1. The molecule has 0 bridgehead atoms. The van der Waals surface area contributed by atoms with Gasteiger partial charge in [-0.3, -0.25) is 4.79 Å². The van der Waals surface area contributed by atoms with Crippen molar-refractivity contribution in [2.45, 2.75) is 63.3 Å². The van der Waals surface area contributed by atoms with Gasteiger partial charge >= 0.3 is 5.97 Å². The Labute approximate surface area is 183 Å². The van der Waals surface area contributed by atoms with Crippen LogP contribution in [0.5, 0.6) is 0 Å². The summed E-state index contributed by atoms with van der Waals surface area (Å²) < 4.78 is 5.82. The third kappa shape index (κ3) is 6.03. The molecule has 0 aliphatic carbocycles. The largest absolute Gasteiger partial charge is 0.480 e. The average molecular weight is 428 g/mol. The molecular formula is C24H33N3O4. The minimum absolute atomic E-state index is 0.334. The molecule has 0 spiro atoms. The summed E-state index contributed by atoms with van der Waals surface area (Å²) in [4.78, 5) is 26.9. The number of nitrogens with zero attached hydrogens (tertiary/aromatic N) is 1. The van der Waals surface area contributed by atoms with Gasteiger partial charge in [0.05, 0.1) is 6.04 Å². The number of carbonyl (C=O) groups is 2. The van der Waals surface area contributed by atoms with Crippen LogP contribution in [0, 0.1) is 0 Å². The molecule has 0 radical (unpaired) electrons. The van der Waals surface area contributed by atoms with Crippen molar-refractivity contribution in [1.82, 2.24) is 4.90 Å². The Bertz CT molecular complexity index is 882. The quantitative estimate of drug-likeness (QED) is 0.502. The molecule has 3 rings (SSSR count). The van der Waals surface area contributed by atoms with Gasteiger partial charge in [-0.2, -0.15) is 0 Å². The molecule has 7 nitrogen and oxygen atoms in total. The summed E-state index contributed by atoms with van der Waals surface area (Å²) in [5.74, 6) is -1.40. The molecule has 1 heterocycles. The number of benzene rings is 2. The van der Waals surface area contributed by atoms with Crippen LogP contribution in [-0.4, -0.2) is 53.3 Å². The Balaban J connectivity index is 1.80. The van der Waals surface area contributed by atoms with Crippen molar-refractivity contribution in [2.75, 3.05) is 13.2 Å². The Morgan fingerprint density at radius 2 is 1.90 bits per heavy atom. The van der Waals surface area contributed by atoms with Crippen molar-refractivity contribution in [3.63, 3.8) is 0 Å². The fourth-order valence-electron chi connectivity index (χ4n) is 4.20. The van der Waals surface area contributed by atoms with E-state index < -0.39 is 24.3 Å². The average Bonchev–Trinajstić information content (AvgIpc) is 2.78. The van der Waals surface area contributed by atoms with Gasteiger partial charge in [-0.25, -0.2) is 4.79 Å². The predicted octanol–water partition coefficient (Wildman–Crippen LogP) is 2.65. The number of hydrogen-bond donors (Lipinski definition) is 3. The van der Waals surface area contributed by atoms with Crippen LogP contribution in [0.4, 0.5) is 0 Å². The van der Waals surface area contributed by atoms with Crippen LogP contribution >= 0.6 is 0 Å².